The summed E-state index contributed by atoms with van der Waals surface area (Å²) in [4.78, 5) is 37.8. The molecular weight excluding hydrogens is 270 g/mol. The average molecular weight is 283 g/mol. The maximum Gasteiger partial charge on any atom is 0.240 e. The Balaban J connectivity index is 1.74. The van der Waals surface area contributed by atoms with Gasteiger partial charge in [0.1, 0.15) is 0 Å². The Hall–Kier alpha value is -2.27. The number of Topliss-reactive ketones (excluding diaryl/α,β-unsaturated/α-hetero) is 1. The van der Waals surface area contributed by atoms with Crippen LogP contribution < -0.4 is 4.90 Å². The third kappa shape index (κ3) is 1.58. The van der Waals surface area contributed by atoms with Gasteiger partial charge < -0.3 is 4.74 Å². The molecule has 0 unspecified atom stereocenters. The molecule has 2 saturated heterocycles. The highest BCUT2D eigenvalue weighted by Crippen LogP contribution is 2.46. The molecule has 0 spiro atoms. The van der Waals surface area contributed by atoms with Gasteiger partial charge in [-0.3, -0.25) is 14.4 Å². The molecule has 5 nitrogen and oxygen atoms in total. The van der Waals surface area contributed by atoms with E-state index in [1.54, 1.807) is 24.3 Å². The molecule has 0 aromatic heterocycles. The first-order chi connectivity index (χ1) is 10.1. The van der Waals surface area contributed by atoms with E-state index in [0.717, 1.165) is 0 Å². The Morgan fingerprint density at radius 1 is 1.10 bits per heavy atom. The second-order valence-electron chi connectivity index (χ2n) is 5.62. The Kier molecular flexibility index (Phi) is 2.44. The molecule has 0 saturated carbocycles. The fourth-order valence-corrected chi connectivity index (χ4v) is 3.42. The van der Waals surface area contributed by atoms with E-state index in [1.807, 2.05) is 12.2 Å². The van der Waals surface area contributed by atoms with Gasteiger partial charge in [0.05, 0.1) is 29.7 Å². The zero-order valence-electron chi connectivity index (χ0n) is 11.4. The number of fused-ring (bicyclic) bond motifs is 5. The molecule has 2 amide bonds. The van der Waals surface area contributed by atoms with E-state index in [4.69, 9.17) is 4.74 Å². The zero-order chi connectivity index (χ0) is 14.7. The van der Waals surface area contributed by atoms with E-state index < -0.39 is 11.8 Å². The minimum atomic E-state index is -0.423. The predicted octanol–water partition coefficient (Wildman–Crippen LogP) is 1.33. The van der Waals surface area contributed by atoms with Crippen molar-refractivity contribution in [1.82, 2.24) is 0 Å². The van der Waals surface area contributed by atoms with Crippen molar-refractivity contribution in [3.8, 4) is 0 Å². The molecule has 0 radical (unpaired) electrons. The van der Waals surface area contributed by atoms with E-state index in [-0.39, 0.29) is 29.8 Å². The molecule has 3 heterocycles. The van der Waals surface area contributed by atoms with Crippen LogP contribution in [0.15, 0.2) is 36.4 Å². The maximum atomic E-state index is 12.6. The van der Waals surface area contributed by atoms with Crippen LogP contribution in [0.25, 0.3) is 0 Å². The van der Waals surface area contributed by atoms with Gasteiger partial charge in [0.2, 0.25) is 11.8 Å². The number of amides is 2. The lowest BCUT2D eigenvalue weighted by molar-refractivity contribution is -0.124. The summed E-state index contributed by atoms with van der Waals surface area (Å²) < 4.78 is 5.59. The molecular formula is C16H13NO4. The summed E-state index contributed by atoms with van der Waals surface area (Å²) in [6.07, 6.45) is 3.12. The highest BCUT2D eigenvalue weighted by Gasteiger charge is 2.60. The van der Waals surface area contributed by atoms with Gasteiger partial charge in [-0.2, -0.15) is 0 Å². The zero-order valence-corrected chi connectivity index (χ0v) is 11.4. The molecule has 0 aliphatic carbocycles. The number of hydrogen-bond donors (Lipinski definition) is 0. The van der Waals surface area contributed by atoms with E-state index in [0.29, 0.717) is 11.3 Å². The van der Waals surface area contributed by atoms with Crippen molar-refractivity contribution in [3.63, 3.8) is 0 Å². The van der Waals surface area contributed by atoms with E-state index in [1.165, 1.54) is 11.8 Å². The standard InChI is InChI=1S/C16H13NO4/c1-8(18)9-3-2-4-10(7-9)17-15(19)13-11-5-6-12(21-11)14(13)16(17)20/h2-7,11-14H,1H3/t11-,12+,13-,14+. The van der Waals surface area contributed by atoms with Crippen LogP contribution in [0.4, 0.5) is 5.69 Å². The minimum absolute atomic E-state index is 0.0961. The van der Waals surface area contributed by atoms with E-state index in [2.05, 4.69) is 0 Å². The Morgan fingerprint density at radius 2 is 1.71 bits per heavy atom. The number of ketones is 1. The number of benzene rings is 1. The molecule has 1 aromatic carbocycles. The molecule has 2 fully saturated rings. The SMILES string of the molecule is CC(=O)c1cccc(N2C(=O)[C@@H]3[C@H](C2=O)[C@H]2C=C[C@@H]3O2)c1. The van der Waals surface area contributed by atoms with Crippen LogP contribution in [0, 0.1) is 11.8 Å². The number of imide groups is 1. The van der Waals surface area contributed by atoms with Gasteiger partial charge in [-0.25, -0.2) is 4.90 Å². The van der Waals surface area contributed by atoms with Gasteiger partial charge in [-0.05, 0) is 19.1 Å². The molecule has 5 heteroatoms. The lowest BCUT2D eigenvalue weighted by Gasteiger charge is -2.18. The number of rotatable bonds is 2. The van der Waals surface area contributed by atoms with Crippen LogP contribution >= 0.6 is 0 Å². The van der Waals surface area contributed by atoms with Crippen LogP contribution in [0.5, 0.6) is 0 Å². The van der Waals surface area contributed by atoms with Crippen LogP contribution in [0.1, 0.15) is 17.3 Å². The molecule has 2 bridgehead atoms. The quantitative estimate of drug-likeness (QED) is 0.466. The first-order valence-corrected chi connectivity index (χ1v) is 6.90. The van der Waals surface area contributed by atoms with E-state index >= 15 is 0 Å². The predicted molar refractivity (Wildman–Crippen MR) is 73.7 cm³/mol. The lowest BCUT2D eigenvalue weighted by atomic mass is 9.85. The molecule has 0 N–H and O–H groups in total. The largest absolute Gasteiger partial charge is 0.365 e. The molecule has 1 aromatic rings. The van der Waals surface area contributed by atoms with Crippen molar-refractivity contribution in [1.29, 1.82) is 0 Å². The summed E-state index contributed by atoms with van der Waals surface area (Å²) >= 11 is 0. The van der Waals surface area contributed by atoms with Gasteiger partial charge >= 0.3 is 0 Å². The fourth-order valence-electron chi connectivity index (χ4n) is 3.42. The smallest absolute Gasteiger partial charge is 0.240 e. The van der Waals surface area contributed by atoms with Gasteiger partial charge in [-0.1, -0.05) is 24.3 Å². The average Bonchev–Trinajstić information content (AvgIpc) is 3.13. The Labute approximate surface area is 121 Å². The summed E-state index contributed by atoms with van der Waals surface area (Å²) in [6, 6.07) is 6.63. The van der Waals surface area contributed by atoms with Crippen molar-refractivity contribution in [2.24, 2.45) is 11.8 Å². The normalized spacial score (nSPS) is 32.9. The van der Waals surface area contributed by atoms with E-state index in [9.17, 15) is 14.4 Å². The maximum absolute atomic E-state index is 12.6. The minimum Gasteiger partial charge on any atom is -0.365 e. The van der Waals surface area contributed by atoms with Crippen LogP contribution in [0.3, 0.4) is 0 Å². The second-order valence-corrected chi connectivity index (χ2v) is 5.62. The first kappa shape index (κ1) is 12.5. The highest BCUT2D eigenvalue weighted by atomic mass is 16.5. The van der Waals surface area contributed by atoms with Crippen LogP contribution in [-0.4, -0.2) is 29.8 Å². The number of anilines is 1. The number of ether oxygens (including phenoxy) is 1. The van der Waals surface area contributed by atoms with Crippen molar-refractivity contribution >= 4 is 23.3 Å². The highest BCUT2D eigenvalue weighted by molar-refractivity contribution is 6.23. The van der Waals surface area contributed by atoms with Gasteiger partial charge in [0, 0.05) is 5.56 Å². The summed E-state index contributed by atoms with van der Waals surface area (Å²) in [5.74, 6) is -1.41. The van der Waals surface area contributed by atoms with Gasteiger partial charge in [-0.15, -0.1) is 0 Å². The lowest BCUT2D eigenvalue weighted by Crippen LogP contribution is -2.34. The molecule has 3 aliphatic heterocycles. The molecule has 106 valence electrons. The number of carbonyl (C=O) groups excluding carboxylic acids is 3. The van der Waals surface area contributed by atoms with Crippen molar-refractivity contribution in [2.45, 2.75) is 19.1 Å². The first-order valence-electron chi connectivity index (χ1n) is 6.90. The fraction of sp³-hybridized carbons (Fsp3) is 0.312. The molecule has 4 atom stereocenters. The van der Waals surface area contributed by atoms with Crippen LogP contribution in [0.2, 0.25) is 0 Å². The topological polar surface area (TPSA) is 63.7 Å². The summed E-state index contributed by atoms with van der Waals surface area (Å²) in [5.41, 5.74) is 0.953. The summed E-state index contributed by atoms with van der Waals surface area (Å²) in [5, 5.41) is 0. The van der Waals surface area contributed by atoms with Crippen LogP contribution in [-0.2, 0) is 14.3 Å². The van der Waals surface area contributed by atoms with Gasteiger partial charge in [0.25, 0.3) is 0 Å². The monoisotopic (exact) mass is 283 g/mol. The molecule has 21 heavy (non-hydrogen) atoms. The number of hydrogen-bond acceptors (Lipinski definition) is 4. The van der Waals surface area contributed by atoms with Crippen molar-refractivity contribution in [2.75, 3.05) is 4.90 Å². The third-order valence-electron chi connectivity index (χ3n) is 4.42. The van der Waals surface area contributed by atoms with Gasteiger partial charge in [0.15, 0.2) is 5.78 Å². The molecule has 4 rings (SSSR count). The number of carbonyl (C=O) groups is 3. The second kappa shape index (κ2) is 4.11. The third-order valence-corrected chi connectivity index (χ3v) is 4.42. The number of nitrogens with zero attached hydrogens (tertiary/aromatic N) is 1. The van der Waals surface area contributed by atoms with Crippen molar-refractivity contribution in [3.05, 3.63) is 42.0 Å². The summed E-state index contributed by atoms with van der Waals surface area (Å²) in [6.45, 7) is 1.46. The molecule has 3 aliphatic rings. The summed E-state index contributed by atoms with van der Waals surface area (Å²) in [7, 11) is 0. The Bertz CT molecular complexity index is 678. The Morgan fingerprint density at radius 3 is 2.29 bits per heavy atom. The van der Waals surface area contributed by atoms with Crippen molar-refractivity contribution < 1.29 is 19.1 Å².